The summed E-state index contributed by atoms with van der Waals surface area (Å²) in [5.74, 6) is -5.63. The molecule has 34 heavy (non-hydrogen) atoms. The van der Waals surface area contributed by atoms with E-state index in [0.717, 1.165) is 4.90 Å². The number of amides is 3. The molecular weight excluding hydrogens is 468 g/mol. The van der Waals surface area contributed by atoms with Crippen LogP contribution < -0.4 is 39.6 Å². The van der Waals surface area contributed by atoms with E-state index in [2.05, 4.69) is 4.98 Å². The number of hydrogen-bond donors (Lipinski definition) is 0. The number of likely N-dealkylation sites (tertiary alicyclic amines) is 1. The van der Waals surface area contributed by atoms with Gasteiger partial charge in [-0.1, -0.05) is 0 Å². The standard InChI is InChI=1S/C21H17F3N4O5.Na/c22-21(23,24)20(33)27-9-12-7-11(15(19(31)32)28-14(12)16(27)18(28)30)6-10-3-5-26(17(10)29)13-2-1-4-25-8-13;/h1-2,4,6,8,12,14,16H,3,5,7,9H2,(H,31,32);/q;+1/p-1/b10-6+;/t12?,14-,16?;/m1./s1. The number of pyridine rings is 1. The van der Waals surface area contributed by atoms with Gasteiger partial charge in [0.1, 0.15) is 6.04 Å². The number of rotatable bonds is 3. The first-order chi connectivity index (χ1) is 15.6. The number of anilines is 1. The molecule has 172 valence electrons. The van der Waals surface area contributed by atoms with Crippen LogP contribution in [0, 0.1) is 5.92 Å². The molecule has 0 N–H and O–H groups in total. The van der Waals surface area contributed by atoms with Gasteiger partial charge in [0.25, 0.3) is 11.8 Å². The van der Waals surface area contributed by atoms with Crippen LogP contribution in [0.1, 0.15) is 12.8 Å². The van der Waals surface area contributed by atoms with E-state index in [9.17, 15) is 37.5 Å². The number of carboxylic acids is 1. The summed E-state index contributed by atoms with van der Waals surface area (Å²) in [6.07, 6.45) is -0.380. The SMILES string of the molecule is O=C([O-])C1=C(/C=C2\CCN(c3cccnc3)C2=O)CC2CN(C(=O)C(F)(F)F)C3C(=O)N1[C@H]23.[Na+]. The van der Waals surface area contributed by atoms with Crippen LogP contribution in [0.25, 0.3) is 0 Å². The van der Waals surface area contributed by atoms with Crippen LogP contribution in [0.5, 0.6) is 0 Å². The number of nitrogens with zero attached hydrogens (tertiary/aromatic N) is 4. The number of β-lactam (4-membered cyclic amide) rings is 1. The van der Waals surface area contributed by atoms with Gasteiger partial charge in [-0.15, -0.1) is 0 Å². The second kappa shape index (κ2) is 8.51. The van der Waals surface area contributed by atoms with E-state index in [1.54, 1.807) is 18.3 Å². The Kier molecular flexibility index (Phi) is 6.11. The third-order valence-corrected chi connectivity index (χ3v) is 6.52. The molecule has 9 nitrogen and oxygen atoms in total. The first kappa shape index (κ1) is 24.4. The van der Waals surface area contributed by atoms with Crippen LogP contribution in [-0.4, -0.2) is 69.8 Å². The molecule has 3 saturated heterocycles. The maximum atomic E-state index is 13.0. The van der Waals surface area contributed by atoms with Crippen LogP contribution in [0.4, 0.5) is 18.9 Å². The van der Waals surface area contributed by atoms with Gasteiger partial charge >= 0.3 is 41.6 Å². The smallest absolute Gasteiger partial charge is 0.543 e. The summed E-state index contributed by atoms with van der Waals surface area (Å²) >= 11 is 0. The molecule has 0 aliphatic carbocycles. The number of carbonyl (C=O) groups excluding carboxylic acids is 4. The molecular formula is C21H16F3N4NaO5. The molecule has 4 aliphatic heterocycles. The Balaban J connectivity index is 0.00000274. The monoisotopic (exact) mass is 484 g/mol. The Labute approximate surface area is 213 Å². The molecule has 0 saturated carbocycles. The van der Waals surface area contributed by atoms with Crippen LogP contribution in [0.2, 0.25) is 0 Å². The molecule has 2 unspecified atom stereocenters. The van der Waals surface area contributed by atoms with E-state index in [4.69, 9.17) is 0 Å². The van der Waals surface area contributed by atoms with Crippen molar-refractivity contribution in [1.82, 2.24) is 14.8 Å². The minimum atomic E-state index is -5.14. The van der Waals surface area contributed by atoms with Crippen molar-refractivity contribution in [3.8, 4) is 0 Å². The third kappa shape index (κ3) is 3.64. The van der Waals surface area contributed by atoms with Gasteiger partial charge in [-0.05, 0) is 36.6 Å². The number of alkyl halides is 3. The number of hydrogen-bond acceptors (Lipinski definition) is 6. The fourth-order valence-corrected chi connectivity index (χ4v) is 5.18. The quantitative estimate of drug-likeness (QED) is 0.253. The number of carboxylic acid groups (broad SMARTS) is 1. The Morgan fingerprint density at radius 2 is 1.97 bits per heavy atom. The normalized spacial score (nSPS) is 27.1. The first-order valence-electron chi connectivity index (χ1n) is 10.2. The molecule has 3 amide bonds. The first-order valence-corrected chi connectivity index (χ1v) is 10.2. The van der Waals surface area contributed by atoms with Crippen molar-refractivity contribution >= 4 is 29.4 Å². The summed E-state index contributed by atoms with van der Waals surface area (Å²) in [5, 5.41) is 11.9. The second-order valence-corrected chi connectivity index (χ2v) is 8.31. The molecule has 0 bridgehead atoms. The maximum Gasteiger partial charge on any atom is 1.00 e. The molecule has 5 heterocycles. The van der Waals surface area contributed by atoms with Crippen molar-refractivity contribution in [2.24, 2.45) is 5.92 Å². The van der Waals surface area contributed by atoms with Gasteiger partial charge < -0.3 is 24.6 Å². The minimum Gasteiger partial charge on any atom is -0.543 e. The molecule has 13 heteroatoms. The summed E-state index contributed by atoms with van der Waals surface area (Å²) in [6, 6.07) is 1.17. The van der Waals surface area contributed by atoms with Crippen molar-refractivity contribution in [3.05, 3.63) is 47.4 Å². The van der Waals surface area contributed by atoms with E-state index in [1.165, 1.54) is 17.2 Å². The second-order valence-electron chi connectivity index (χ2n) is 8.31. The summed E-state index contributed by atoms with van der Waals surface area (Å²) in [4.78, 5) is 56.0. The van der Waals surface area contributed by atoms with Gasteiger partial charge in [-0.3, -0.25) is 19.4 Å². The Morgan fingerprint density at radius 1 is 1.24 bits per heavy atom. The molecule has 0 spiro atoms. The topological polar surface area (TPSA) is 114 Å². The van der Waals surface area contributed by atoms with Gasteiger partial charge in [0.15, 0.2) is 0 Å². The Morgan fingerprint density at radius 3 is 2.59 bits per heavy atom. The zero-order valence-electron chi connectivity index (χ0n) is 17.9. The fraction of sp³-hybridized carbons (Fsp3) is 0.381. The largest absolute Gasteiger partial charge is 1.00 e. The molecule has 3 fully saturated rings. The predicted octanol–water partition coefficient (Wildman–Crippen LogP) is -3.24. The number of aliphatic carboxylic acids is 1. The zero-order chi connectivity index (χ0) is 23.7. The van der Waals surface area contributed by atoms with Gasteiger partial charge in [0.05, 0.1) is 29.6 Å². The summed E-state index contributed by atoms with van der Waals surface area (Å²) in [6.45, 7) is 0.00754. The van der Waals surface area contributed by atoms with Crippen molar-refractivity contribution in [3.63, 3.8) is 0 Å². The molecule has 1 aromatic heterocycles. The predicted molar refractivity (Wildman–Crippen MR) is 102 cm³/mol. The number of carbonyl (C=O) groups is 4. The van der Waals surface area contributed by atoms with Crippen LogP contribution >= 0.6 is 0 Å². The molecule has 4 aliphatic rings. The van der Waals surface area contributed by atoms with E-state index in [0.29, 0.717) is 29.1 Å². The summed E-state index contributed by atoms with van der Waals surface area (Å²) in [5.41, 5.74) is 0.540. The summed E-state index contributed by atoms with van der Waals surface area (Å²) in [7, 11) is 0. The Hall–Kier alpha value is -2.70. The molecule has 0 radical (unpaired) electrons. The van der Waals surface area contributed by atoms with E-state index >= 15 is 0 Å². The van der Waals surface area contributed by atoms with E-state index in [-0.39, 0.29) is 54.0 Å². The van der Waals surface area contributed by atoms with Gasteiger partial charge in [0.2, 0.25) is 0 Å². The van der Waals surface area contributed by atoms with Crippen LogP contribution in [-0.2, 0) is 19.2 Å². The van der Waals surface area contributed by atoms with Gasteiger partial charge in [-0.2, -0.15) is 13.2 Å². The maximum absolute atomic E-state index is 13.0. The zero-order valence-corrected chi connectivity index (χ0v) is 19.9. The average Bonchev–Trinajstić information content (AvgIpc) is 3.31. The van der Waals surface area contributed by atoms with Crippen molar-refractivity contribution in [2.45, 2.75) is 31.1 Å². The number of allylic oxidation sites excluding steroid dienone is 2. The van der Waals surface area contributed by atoms with Crippen molar-refractivity contribution < 1.29 is 67.0 Å². The van der Waals surface area contributed by atoms with Gasteiger partial charge in [0, 0.05) is 30.8 Å². The minimum absolute atomic E-state index is 0. The van der Waals surface area contributed by atoms with Crippen LogP contribution in [0.3, 0.4) is 0 Å². The van der Waals surface area contributed by atoms with E-state index in [1.807, 2.05) is 0 Å². The van der Waals surface area contributed by atoms with Crippen molar-refractivity contribution in [2.75, 3.05) is 18.0 Å². The average molecular weight is 484 g/mol. The molecule has 0 aromatic carbocycles. The molecule has 3 atom stereocenters. The molecule has 1 aromatic rings. The van der Waals surface area contributed by atoms with Gasteiger partial charge in [-0.25, -0.2) is 0 Å². The van der Waals surface area contributed by atoms with E-state index < -0.39 is 47.7 Å². The fourth-order valence-electron chi connectivity index (χ4n) is 5.18. The Bertz CT molecular complexity index is 1150. The summed E-state index contributed by atoms with van der Waals surface area (Å²) < 4.78 is 38.9. The van der Waals surface area contributed by atoms with Crippen molar-refractivity contribution in [1.29, 1.82) is 0 Å². The molecule has 5 rings (SSSR count). The van der Waals surface area contributed by atoms with Crippen LogP contribution in [0.15, 0.2) is 47.4 Å². The number of halogens is 3. The number of aromatic nitrogens is 1. The third-order valence-electron chi connectivity index (χ3n) is 6.52.